The number of pyridine rings is 1. The number of aromatic nitrogens is 1. The standard InChI is InChI=1S/C16H15Cl2N3O/c17-12-7-11-10-21(6-4-13(11)14(18)8-12)16(22)9-20-15-3-1-2-5-19-15/h1-3,5,7-8H,4,6,9-10H2,(H,19,20). The molecule has 4 nitrogen and oxygen atoms in total. The average Bonchev–Trinajstić information content (AvgIpc) is 2.53. The van der Waals surface area contributed by atoms with E-state index in [2.05, 4.69) is 10.3 Å². The van der Waals surface area contributed by atoms with Gasteiger partial charge >= 0.3 is 0 Å². The van der Waals surface area contributed by atoms with Crippen molar-refractivity contribution in [3.8, 4) is 0 Å². The van der Waals surface area contributed by atoms with Crippen LogP contribution in [-0.4, -0.2) is 28.9 Å². The van der Waals surface area contributed by atoms with Gasteiger partial charge in [-0.05, 0) is 41.8 Å². The maximum absolute atomic E-state index is 12.3. The first-order chi connectivity index (χ1) is 10.6. The van der Waals surface area contributed by atoms with Gasteiger partial charge in [-0.1, -0.05) is 29.3 Å². The summed E-state index contributed by atoms with van der Waals surface area (Å²) in [6.45, 7) is 1.43. The summed E-state index contributed by atoms with van der Waals surface area (Å²) in [4.78, 5) is 18.3. The van der Waals surface area contributed by atoms with E-state index in [-0.39, 0.29) is 12.5 Å². The number of nitrogens with zero attached hydrogens (tertiary/aromatic N) is 2. The fourth-order valence-electron chi connectivity index (χ4n) is 2.57. The van der Waals surface area contributed by atoms with Crippen LogP contribution < -0.4 is 5.32 Å². The molecule has 0 bridgehead atoms. The van der Waals surface area contributed by atoms with Gasteiger partial charge in [0.2, 0.25) is 5.91 Å². The molecule has 0 fully saturated rings. The third-order valence-electron chi connectivity index (χ3n) is 3.68. The van der Waals surface area contributed by atoms with Crippen LogP contribution in [0.15, 0.2) is 36.5 Å². The van der Waals surface area contributed by atoms with Gasteiger partial charge in [-0.15, -0.1) is 0 Å². The molecule has 1 aromatic heterocycles. The van der Waals surface area contributed by atoms with Gasteiger partial charge in [-0.25, -0.2) is 4.98 Å². The van der Waals surface area contributed by atoms with E-state index in [1.54, 1.807) is 12.3 Å². The highest BCUT2D eigenvalue weighted by Crippen LogP contribution is 2.29. The third kappa shape index (κ3) is 3.34. The van der Waals surface area contributed by atoms with Crippen molar-refractivity contribution >= 4 is 34.9 Å². The first-order valence-corrected chi connectivity index (χ1v) is 7.78. The molecule has 0 spiro atoms. The molecule has 6 heteroatoms. The smallest absolute Gasteiger partial charge is 0.242 e. The molecular weight excluding hydrogens is 321 g/mol. The highest BCUT2D eigenvalue weighted by atomic mass is 35.5. The number of carbonyl (C=O) groups excluding carboxylic acids is 1. The van der Waals surface area contributed by atoms with Crippen LogP contribution in [0.3, 0.4) is 0 Å². The minimum Gasteiger partial charge on any atom is -0.361 e. The summed E-state index contributed by atoms with van der Waals surface area (Å²) < 4.78 is 0. The Hall–Kier alpha value is -1.78. The van der Waals surface area contributed by atoms with Gasteiger partial charge in [0, 0.05) is 29.3 Å². The number of halogens is 2. The van der Waals surface area contributed by atoms with Crippen LogP contribution in [0.25, 0.3) is 0 Å². The molecule has 0 saturated heterocycles. The maximum Gasteiger partial charge on any atom is 0.242 e. The van der Waals surface area contributed by atoms with Crippen LogP contribution in [0.2, 0.25) is 10.0 Å². The van der Waals surface area contributed by atoms with Crippen LogP contribution in [-0.2, 0) is 17.8 Å². The number of rotatable bonds is 3. The van der Waals surface area contributed by atoms with Crippen molar-refractivity contribution in [2.45, 2.75) is 13.0 Å². The molecule has 1 amide bonds. The van der Waals surface area contributed by atoms with Crippen LogP contribution in [0, 0.1) is 0 Å². The van der Waals surface area contributed by atoms with Crippen LogP contribution in [0.4, 0.5) is 5.82 Å². The lowest BCUT2D eigenvalue weighted by molar-refractivity contribution is -0.130. The molecule has 2 heterocycles. The van der Waals surface area contributed by atoms with Crippen LogP contribution in [0.5, 0.6) is 0 Å². The minimum absolute atomic E-state index is 0.0346. The number of fused-ring (bicyclic) bond motifs is 1. The number of hydrogen-bond donors (Lipinski definition) is 1. The largest absolute Gasteiger partial charge is 0.361 e. The van der Waals surface area contributed by atoms with Gasteiger partial charge in [0.05, 0.1) is 6.54 Å². The van der Waals surface area contributed by atoms with Crippen molar-refractivity contribution in [2.24, 2.45) is 0 Å². The van der Waals surface area contributed by atoms with E-state index in [0.717, 1.165) is 17.5 Å². The Kier molecular flexibility index (Phi) is 4.50. The summed E-state index contributed by atoms with van der Waals surface area (Å²) in [5.41, 5.74) is 2.11. The monoisotopic (exact) mass is 335 g/mol. The quantitative estimate of drug-likeness (QED) is 0.935. The highest BCUT2D eigenvalue weighted by Gasteiger charge is 2.22. The average molecular weight is 336 g/mol. The van der Waals surface area contributed by atoms with Gasteiger partial charge in [-0.3, -0.25) is 4.79 Å². The molecule has 1 aliphatic heterocycles. The maximum atomic E-state index is 12.3. The minimum atomic E-state index is 0.0346. The third-order valence-corrected chi connectivity index (χ3v) is 4.24. The Labute approximate surface area is 139 Å². The predicted octanol–water partition coefficient (Wildman–Crippen LogP) is 3.39. The summed E-state index contributed by atoms with van der Waals surface area (Å²) in [7, 11) is 0. The van der Waals surface area contributed by atoms with Crippen molar-refractivity contribution < 1.29 is 4.79 Å². The molecule has 2 aromatic rings. The Morgan fingerprint density at radius 3 is 2.95 bits per heavy atom. The lowest BCUT2D eigenvalue weighted by Crippen LogP contribution is -2.39. The van der Waals surface area contributed by atoms with Crippen molar-refractivity contribution in [1.82, 2.24) is 9.88 Å². The number of nitrogens with one attached hydrogen (secondary N) is 1. The number of hydrogen-bond acceptors (Lipinski definition) is 3. The Morgan fingerprint density at radius 1 is 1.32 bits per heavy atom. The summed E-state index contributed by atoms with van der Waals surface area (Å²) in [6.07, 6.45) is 2.44. The predicted molar refractivity (Wildman–Crippen MR) is 88.3 cm³/mol. The Morgan fingerprint density at radius 2 is 2.18 bits per heavy atom. The second-order valence-corrected chi connectivity index (χ2v) is 6.00. The molecule has 0 aliphatic carbocycles. The van der Waals surface area contributed by atoms with E-state index in [0.29, 0.717) is 29.0 Å². The first kappa shape index (κ1) is 15.1. The summed E-state index contributed by atoms with van der Waals surface area (Å²) in [6, 6.07) is 9.18. The van der Waals surface area contributed by atoms with Gasteiger partial charge < -0.3 is 10.2 Å². The second kappa shape index (κ2) is 6.55. The Bertz CT molecular complexity index is 691. The zero-order valence-corrected chi connectivity index (χ0v) is 13.4. The van der Waals surface area contributed by atoms with Gasteiger partial charge in [0.1, 0.15) is 5.82 Å². The lowest BCUT2D eigenvalue weighted by Gasteiger charge is -2.29. The molecule has 1 N–H and O–H groups in total. The SMILES string of the molecule is O=C(CNc1ccccn1)N1CCc2c(Cl)cc(Cl)cc2C1. The number of amides is 1. The highest BCUT2D eigenvalue weighted by molar-refractivity contribution is 6.35. The molecule has 0 saturated carbocycles. The van der Waals surface area contributed by atoms with Gasteiger partial charge in [0.15, 0.2) is 0 Å². The molecule has 0 atom stereocenters. The number of benzene rings is 1. The van der Waals surface area contributed by atoms with E-state index in [4.69, 9.17) is 23.2 Å². The molecular formula is C16H15Cl2N3O. The van der Waals surface area contributed by atoms with Crippen molar-refractivity contribution in [2.75, 3.05) is 18.4 Å². The molecule has 3 rings (SSSR count). The van der Waals surface area contributed by atoms with Crippen molar-refractivity contribution in [3.63, 3.8) is 0 Å². The Balaban J connectivity index is 1.65. The summed E-state index contributed by atoms with van der Waals surface area (Å²) >= 11 is 12.2. The van der Waals surface area contributed by atoms with Crippen molar-refractivity contribution in [3.05, 3.63) is 57.7 Å². The van der Waals surface area contributed by atoms with E-state index in [9.17, 15) is 4.79 Å². The van der Waals surface area contributed by atoms with E-state index >= 15 is 0 Å². The zero-order chi connectivity index (χ0) is 15.5. The molecule has 22 heavy (non-hydrogen) atoms. The number of anilines is 1. The second-order valence-electron chi connectivity index (χ2n) is 5.16. The fourth-order valence-corrected chi connectivity index (χ4v) is 3.20. The lowest BCUT2D eigenvalue weighted by atomic mass is 9.99. The molecule has 0 radical (unpaired) electrons. The molecule has 0 unspecified atom stereocenters. The van der Waals surface area contributed by atoms with Gasteiger partial charge in [-0.2, -0.15) is 0 Å². The first-order valence-electron chi connectivity index (χ1n) is 7.03. The fraction of sp³-hybridized carbons (Fsp3) is 0.250. The topological polar surface area (TPSA) is 45.2 Å². The molecule has 1 aliphatic rings. The number of carbonyl (C=O) groups is 1. The van der Waals surface area contributed by atoms with E-state index in [1.807, 2.05) is 29.2 Å². The van der Waals surface area contributed by atoms with Gasteiger partial charge in [0.25, 0.3) is 0 Å². The summed E-state index contributed by atoms with van der Waals surface area (Å²) in [5, 5.41) is 4.32. The molecule has 1 aromatic carbocycles. The zero-order valence-electron chi connectivity index (χ0n) is 11.9. The molecule has 114 valence electrons. The normalized spacial score (nSPS) is 13.6. The summed E-state index contributed by atoms with van der Waals surface area (Å²) in [5.74, 6) is 0.728. The van der Waals surface area contributed by atoms with E-state index in [1.165, 1.54) is 0 Å². The van der Waals surface area contributed by atoms with Crippen molar-refractivity contribution in [1.29, 1.82) is 0 Å². The van der Waals surface area contributed by atoms with Crippen LogP contribution in [0.1, 0.15) is 11.1 Å². The van der Waals surface area contributed by atoms with E-state index < -0.39 is 0 Å². The van der Waals surface area contributed by atoms with Crippen LogP contribution >= 0.6 is 23.2 Å².